The topological polar surface area (TPSA) is 84.1 Å². The number of nitrogens with zero attached hydrogens (tertiary/aromatic N) is 1. The lowest BCUT2D eigenvalue weighted by Gasteiger charge is -2.13. The summed E-state index contributed by atoms with van der Waals surface area (Å²) in [5, 5.41) is 2.81. The maximum absolute atomic E-state index is 12.1. The van der Waals surface area contributed by atoms with Crippen molar-refractivity contribution in [2.24, 2.45) is 5.41 Å². The normalized spacial score (nSPS) is 15.1. The molecule has 1 aromatic carbocycles. The van der Waals surface area contributed by atoms with Gasteiger partial charge in [0.2, 0.25) is 0 Å². The number of esters is 1. The Morgan fingerprint density at radius 3 is 2.59 bits per heavy atom. The van der Waals surface area contributed by atoms with E-state index in [1.807, 2.05) is 12.1 Å². The Labute approximate surface area is 127 Å². The molecule has 2 N–H and O–H groups in total. The Kier molecular flexibility index (Phi) is 3.66. The minimum atomic E-state index is -0.514. The summed E-state index contributed by atoms with van der Waals surface area (Å²) in [6.45, 7) is 0.320. The van der Waals surface area contributed by atoms with Crippen molar-refractivity contribution in [3.63, 3.8) is 0 Å². The fourth-order valence-electron chi connectivity index (χ4n) is 2.39. The van der Waals surface area contributed by atoms with E-state index in [0.717, 1.165) is 24.1 Å². The lowest BCUT2D eigenvalue weighted by atomic mass is 10.1. The summed E-state index contributed by atoms with van der Waals surface area (Å²) in [5.74, 6) is -0.436. The Balaban J connectivity index is 1.62. The summed E-state index contributed by atoms with van der Waals surface area (Å²) in [5.41, 5.74) is 1.90. The smallest absolute Gasteiger partial charge is 0.313 e. The monoisotopic (exact) mass is 299 g/mol. The van der Waals surface area contributed by atoms with Gasteiger partial charge < -0.3 is 15.0 Å². The molecule has 6 nitrogen and oxygen atoms in total. The molecule has 0 atom stereocenters. The van der Waals surface area contributed by atoms with E-state index in [-0.39, 0.29) is 11.9 Å². The number of aromatic amines is 1. The van der Waals surface area contributed by atoms with Crippen LogP contribution in [-0.4, -0.2) is 35.5 Å². The number of carbonyl (C=O) groups excluding carboxylic acids is 2. The molecule has 0 spiro atoms. The van der Waals surface area contributed by atoms with Gasteiger partial charge in [0.15, 0.2) is 0 Å². The number of aromatic nitrogens is 2. The molecule has 1 saturated carbocycles. The molecule has 0 aliphatic heterocycles. The maximum atomic E-state index is 12.1. The van der Waals surface area contributed by atoms with Crippen LogP contribution in [0.3, 0.4) is 0 Å². The molecular formula is C16H17N3O3. The van der Waals surface area contributed by atoms with Gasteiger partial charge in [-0.3, -0.25) is 9.59 Å². The third-order valence-corrected chi connectivity index (χ3v) is 4.02. The van der Waals surface area contributed by atoms with Crippen molar-refractivity contribution < 1.29 is 14.3 Å². The molecule has 1 heterocycles. The highest BCUT2D eigenvalue weighted by Crippen LogP contribution is 2.46. The van der Waals surface area contributed by atoms with Crippen molar-refractivity contribution in [2.45, 2.75) is 12.8 Å². The van der Waals surface area contributed by atoms with Crippen LogP contribution in [0.25, 0.3) is 11.3 Å². The Hall–Kier alpha value is -2.63. The van der Waals surface area contributed by atoms with Crippen LogP contribution in [0, 0.1) is 5.41 Å². The fraction of sp³-hybridized carbons (Fsp3) is 0.312. The highest BCUT2D eigenvalue weighted by Gasteiger charge is 2.51. The van der Waals surface area contributed by atoms with E-state index in [9.17, 15) is 9.59 Å². The highest BCUT2D eigenvalue weighted by atomic mass is 16.5. The molecular weight excluding hydrogens is 282 g/mol. The summed E-state index contributed by atoms with van der Waals surface area (Å²) < 4.78 is 4.77. The standard InChI is InChI=1S/C16H17N3O3/c1-22-15(21)16(6-7-16)9-18-14(20)12-4-2-11(3-5-12)13-8-17-10-19-13/h2-5,8,10H,6-7,9H2,1H3,(H,17,19)(H,18,20). The molecule has 1 aromatic heterocycles. The molecule has 0 unspecified atom stereocenters. The summed E-state index contributed by atoms with van der Waals surface area (Å²) >= 11 is 0. The van der Waals surface area contributed by atoms with Crippen molar-refractivity contribution in [1.82, 2.24) is 15.3 Å². The summed E-state index contributed by atoms with van der Waals surface area (Å²) in [4.78, 5) is 30.8. The molecule has 0 bridgehead atoms. The summed E-state index contributed by atoms with van der Waals surface area (Å²) in [6.07, 6.45) is 4.86. The van der Waals surface area contributed by atoms with E-state index in [1.165, 1.54) is 7.11 Å². The molecule has 1 amide bonds. The van der Waals surface area contributed by atoms with Crippen LogP contribution >= 0.6 is 0 Å². The first-order valence-corrected chi connectivity index (χ1v) is 7.10. The fourth-order valence-corrected chi connectivity index (χ4v) is 2.39. The van der Waals surface area contributed by atoms with E-state index >= 15 is 0 Å². The number of hydrogen-bond acceptors (Lipinski definition) is 4. The van der Waals surface area contributed by atoms with Crippen LogP contribution in [0.1, 0.15) is 23.2 Å². The molecule has 2 aromatic rings. The third-order valence-electron chi connectivity index (χ3n) is 4.02. The summed E-state index contributed by atoms with van der Waals surface area (Å²) in [7, 11) is 1.37. The number of benzene rings is 1. The predicted molar refractivity (Wildman–Crippen MR) is 80.0 cm³/mol. The van der Waals surface area contributed by atoms with E-state index in [1.54, 1.807) is 24.7 Å². The molecule has 22 heavy (non-hydrogen) atoms. The van der Waals surface area contributed by atoms with Crippen LogP contribution in [0.15, 0.2) is 36.8 Å². The molecule has 6 heteroatoms. The average Bonchev–Trinajstić information content (AvgIpc) is 3.15. The van der Waals surface area contributed by atoms with Gasteiger partial charge in [-0.1, -0.05) is 12.1 Å². The van der Waals surface area contributed by atoms with Gasteiger partial charge in [-0.05, 0) is 30.5 Å². The number of ether oxygens (including phenoxy) is 1. The molecule has 3 rings (SSSR count). The number of rotatable bonds is 5. The number of H-pyrrole nitrogens is 1. The largest absolute Gasteiger partial charge is 0.469 e. The molecule has 1 aliphatic carbocycles. The van der Waals surface area contributed by atoms with E-state index in [2.05, 4.69) is 15.3 Å². The van der Waals surface area contributed by atoms with Crippen molar-refractivity contribution in [2.75, 3.05) is 13.7 Å². The van der Waals surface area contributed by atoms with Gasteiger partial charge in [-0.2, -0.15) is 0 Å². The SMILES string of the molecule is COC(=O)C1(CNC(=O)c2ccc(-c3cnc[nH]3)cc2)CC1. The Morgan fingerprint density at radius 2 is 2.05 bits per heavy atom. The van der Waals surface area contributed by atoms with Gasteiger partial charge in [0.25, 0.3) is 5.91 Å². The molecule has 1 fully saturated rings. The van der Waals surface area contributed by atoms with Gasteiger partial charge in [-0.25, -0.2) is 4.98 Å². The lowest BCUT2D eigenvalue weighted by Crippen LogP contribution is -2.34. The third kappa shape index (κ3) is 2.72. The van der Waals surface area contributed by atoms with E-state index < -0.39 is 5.41 Å². The first-order valence-electron chi connectivity index (χ1n) is 7.10. The number of imidazole rings is 1. The quantitative estimate of drug-likeness (QED) is 0.824. The van der Waals surface area contributed by atoms with E-state index in [0.29, 0.717) is 12.1 Å². The number of carbonyl (C=O) groups is 2. The van der Waals surface area contributed by atoms with Crippen LogP contribution in [0.4, 0.5) is 0 Å². The van der Waals surface area contributed by atoms with Crippen molar-refractivity contribution in [3.8, 4) is 11.3 Å². The number of amides is 1. The Morgan fingerprint density at radius 1 is 1.32 bits per heavy atom. The minimum absolute atomic E-state index is 0.189. The zero-order valence-electron chi connectivity index (χ0n) is 12.3. The second-order valence-corrected chi connectivity index (χ2v) is 5.50. The van der Waals surface area contributed by atoms with Crippen LogP contribution in [0.2, 0.25) is 0 Å². The van der Waals surface area contributed by atoms with Gasteiger partial charge in [-0.15, -0.1) is 0 Å². The number of methoxy groups -OCH3 is 1. The summed E-state index contributed by atoms with van der Waals surface area (Å²) in [6, 6.07) is 7.22. The molecule has 0 saturated heterocycles. The predicted octanol–water partition coefficient (Wildman–Crippen LogP) is 1.76. The zero-order chi connectivity index (χ0) is 15.6. The second kappa shape index (κ2) is 5.63. The molecule has 0 radical (unpaired) electrons. The zero-order valence-corrected chi connectivity index (χ0v) is 12.3. The number of hydrogen-bond donors (Lipinski definition) is 2. The first-order chi connectivity index (χ1) is 10.6. The second-order valence-electron chi connectivity index (χ2n) is 5.50. The van der Waals surface area contributed by atoms with Crippen LogP contribution in [0.5, 0.6) is 0 Å². The molecule has 114 valence electrons. The lowest BCUT2D eigenvalue weighted by molar-refractivity contribution is -0.146. The Bertz CT molecular complexity index is 673. The van der Waals surface area contributed by atoms with Crippen molar-refractivity contribution in [1.29, 1.82) is 0 Å². The van der Waals surface area contributed by atoms with E-state index in [4.69, 9.17) is 4.74 Å². The average molecular weight is 299 g/mol. The van der Waals surface area contributed by atoms with Crippen LogP contribution in [-0.2, 0) is 9.53 Å². The van der Waals surface area contributed by atoms with Gasteiger partial charge in [0, 0.05) is 12.1 Å². The van der Waals surface area contributed by atoms with Gasteiger partial charge >= 0.3 is 5.97 Å². The maximum Gasteiger partial charge on any atom is 0.313 e. The molecule has 1 aliphatic rings. The van der Waals surface area contributed by atoms with Gasteiger partial charge in [0.05, 0.1) is 30.7 Å². The van der Waals surface area contributed by atoms with Crippen LogP contribution < -0.4 is 5.32 Å². The highest BCUT2D eigenvalue weighted by molar-refractivity contribution is 5.95. The van der Waals surface area contributed by atoms with Crippen molar-refractivity contribution >= 4 is 11.9 Å². The first kappa shape index (κ1) is 14.3. The minimum Gasteiger partial charge on any atom is -0.469 e. The van der Waals surface area contributed by atoms with Gasteiger partial charge in [0.1, 0.15) is 0 Å². The van der Waals surface area contributed by atoms with Crippen molar-refractivity contribution in [3.05, 3.63) is 42.4 Å². The number of nitrogens with one attached hydrogen (secondary N) is 2.